The number of piperidine rings is 1. The number of fused-ring (bicyclic) bond motifs is 4. The molecule has 0 unspecified atom stereocenters. The third kappa shape index (κ3) is 4.66. The van der Waals surface area contributed by atoms with Crippen molar-refractivity contribution in [2.45, 2.75) is 31.8 Å². The molecule has 142 valence electrons. The zero-order valence-electron chi connectivity index (χ0n) is 15.7. The average molecular weight is 365 g/mol. The molecule has 0 saturated carbocycles. The largest absolute Gasteiger partial charge is 0.493 e. The first-order valence-corrected chi connectivity index (χ1v) is 9.87. The van der Waals surface area contributed by atoms with E-state index in [0.717, 1.165) is 44.0 Å². The fourth-order valence-corrected chi connectivity index (χ4v) is 4.25. The van der Waals surface area contributed by atoms with Crippen LogP contribution in [0.2, 0.25) is 0 Å². The molecule has 2 bridgehead atoms. The Labute approximate surface area is 161 Å². The summed E-state index contributed by atoms with van der Waals surface area (Å²) in [6, 6.07) is 16.1. The number of rotatable bonds is 6. The Kier molecular flexibility index (Phi) is 5.68. The van der Waals surface area contributed by atoms with Crippen LogP contribution in [0.3, 0.4) is 0 Å². The van der Waals surface area contributed by atoms with Crippen LogP contribution in [0.25, 0.3) is 0 Å². The third-order valence-electron chi connectivity index (χ3n) is 5.55. The van der Waals surface area contributed by atoms with Crippen molar-refractivity contribution in [2.24, 2.45) is 5.92 Å². The molecule has 5 rings (SSSR count). The molecule has 5 nitrogen and oxygen atoms in total. The molecule has 0 aliphatic carbocycles. The van der Waals surface area contributed by atoms with Gasteiger partial charge in [0.1, 0.15) is 5.75 Å². The summed E-state index contributed by atoms with van der Waals surface area (Å²) in [5.41, 5.74) is 1.10. The summed E-state index contributed by atoms with van der Waals surface area (Å²) in [5, 5.41) is 0. The summed E-state index contributed by atoms with van der Waals surface area (Å²) in [6.07, 6.45) is 4.62. The van der Waals surface area contributed by atoms with Crippen LogP contribution >= 0.6 is 0 Å². The summed E-state index contributed by atoms with van der Waals surface area (Å²) >= 11 is 0. The van der Waals surface area contributed by atoms with Crippen molar-refractivity contribution in [3.05, 3.63) is 60.4 Å². The van der Waals surface area contributed by atoms with Crippen molar-refractivity contribution in [1.29, 1.82) is 0 Å². The monoisotopic (exact) mass is 365 g/mol. The second-order valence-electron chi connectivity index (χ2n) is 7.57. The highest BCUT2D eigenvalue weighted by Crippen LogP contribution is 2.29. The van der Waals surface area contributed by atoms with Crippen LogP contribution in [0.15, 0.2) is 54.7 Å². The molecular formula is C22H27N3O2. The number of para-hydroxylation sites is 1. The normalized spacial score (nSPS) is 22.4. The zero-order chi connectivity index (χ0) is 18.5. The van der Waals surface area contributed by atoms with E-state index in [-0.39, 0.29) is 5.91 Å². The summed E-state index contributed by atoms with van der Waals surface area (Å²) in [6.45, 7) is 4.19. The molecule has 3 aliphatic heterocycles. The number of ether oxygens (including phenoxy) is 1. The first kappa shape index (κ1) is 18.0. The highest BCUT2D eigenvalue weighted by molar-refractivity contribution is 5.77. The van der Waals surface area contributed by atoms with Crippen molar-refractivity contribution in [2.75, 3.05) is 26.2 Å². The lowest BCUT2D eigenvalue weighted by molar-refractivity contribution is -0.135. The molecule has 0 radical (unpaired) electrons. The number of amides is 1. The Morgan fingerprint density at radius 1 is 1.04 bits per heavy atom. The number of aromatic nitrogens is 1. The first-order valence-electron chi connectivity index (χ1n) is 9.87. The van der Waals surface area contributed by atoms with E-state index in [0.29, 0.717) is 25.0 Å². The SMILES string of the molecule is O=C(CCOc1ccccc1)N1C[C@H]2CC[C@@H]1CN(Cc1ccccn1)C2. The van der Waals surface area contributed by atoms with Gasteiger partial charge in [0.15, 0.2) is 0 Å². The van der Waals surface area contributed by atoms with Gasteiger partial charge in [-0.2, -0.15) is 0 Å². The Morgan fingerprint density at radius 3 is 2.70 bits per heavy atom. The van der Waals surface area contributed by atoms with E-state index >= 15 is 0 Å². The number of nitrogens with zero attached hydrogens (tertiary/aromatic N) is 3. The lowest BCUT2D eigenvalue weighted by atomic mass is 9.95. The quantitative estimate of drug-likeness (QED) is 0.790. The number of carbonyl (C=O) groups excluding carboxylic acids is 1. The predicted octanol–water partition coefficient (Wildman–Crippen LogP) is 2.97. The van der Waals surface area contributed by atoms with Crippen LogP contribution in [-0.4, -0.2) is 53.0 Å². The second kappa shape index (κ2) is 8.53. The van der Waals surface area contributed by atoms with Crippen molar-refractivity contribution in [3.63, 3.8) is 0 Å². The molecule has 27 heavy (non-hydrogen) atoms. The third-order valence-corrected chi connectivity index (χ3v) is 5.55. The minimum Gasteiger partial charge on any atom is -0.493 e. The minimum atomic E-state index is 0.223. The molecular weight excluding hydrogens is 338 g/mol. The van der Waals surface area contributed by atoms with Crippen LogP contribution in [0.1, 0.15) is 25.0 Å². The first-order chi connectivity index (χ1) is 13.3. The smallest absolute Gasteiger partial charge is 0.226 e. The molecule has 0 spiro atoms. The Hall–Kier alpha value is -2.40. The van der Waals surface area contributed by atoms with Crippen LogP contribution in [-0.2, 0) is 11.3 Å². The Morgan fingerprint density at radius 2 is 1.89 bits per heavy atom. The molecule has 3 aliphatic rings. The predicted molar refractivity (Wildman–Crippen MR) is 104 cm³/mol. The van der Waals surface area contributed by atoms with E-state index in [1.165, 1.54) is 6.42 Å². The molecule has 2 atom stereocenters. The maximum Gasteiger partial charge on any atom is 0.226 e. The van der Waals surface area contributed by atoms with Gasteiger partial charge in [0, 0.05) is 38.4 Å². The molecule has 1 aromatic heterocycles. The van der Waals surface area contributed by atoms with Gasteiger partial charge in [-0.3, -0.25) is 14.7 Å². The van der Waals surface area contributed by atoms with Crippen LogP contribution < -0.4 is 4.74 Å². The molecule has 3 saturated heterocycles. The molecule has 1 aromatic carbocycles. The number of hydrogen-bond donors (Lipinski definition) is 0. The standard InChI is InChI=1S/C22H27N3O2/c26-22(11-13-27-21-7-2-1-3-8-21)25-15-18-9-10-20(25)17-24(14-18)16-19-6-4-5-12-23-19/h1-8,12,18,20H,9-11,13-17H2/t18-,20+/m0/s1. The lowest BCUT2D eigenvalue weighted by Crippen LogP contribution is -2.47. The summed E-state index contributed by atoms with van der Waals surface area (Å²) in [5.74, 6) is 1.61. The summed E-state index contributed by atoms with van der Waals surface area (Å²) in [7, 11) is 0. The van der Waals surface area contributed by atoms with Gasteiger partial charge in [-0.1, -0.05) is 24.3 Å². The fraction of sp³-hybridized carbons (Fsp3) is 0.455. The number of hydrogen-bond acceptors (Lipinski definition) is 4. The van der Waals surface area contributed by atoms with Crippen molar-refractivity contribution < 1.29 is 9.53 Å². The maximum atomic E-state index is 12.8. The molecule has 3 fully saturated rings. The van der Waals surface area contributed by atoms with Gasteiger partial charge in [0.25, 0.3) is 0 Å². The molecule has 2 aromatic rings. The van der Waals surface area contributed by atoms with E-state index in [1.807, 2.05) is 48.7 Å². The topological polar surface area (TPSA) is 45.7 Å². The maximum absolute atomic E-state index is 12.8. The second-order valence-corrected chi connectivity index (χ2v) is 7.57. The van der Waals surface area contributed by atoms with Gasteiger partial charge in [0.2, 0.25) is 5.91 Å². The van der Waals surface area contributed by atoms with Crippen molar-refractivity contribution in [3.8, 4) is 5.75 Å². The van der Waals surface area contributed by atoms with Gasteiger partial charge < -0.3 is 9.64 Å². The van der Waals surface area contributed by atoms with E-state index in [9.17, 15) is 4.79 Å². The van der Waals surface area contributed by atoms with Crippen molar-refractivity contribution in [1.82, 2.24) is 14.8 Å². The van der Waals surface area contributed by atoms with Gasteiger partial charge in [-0.15, -0.1) is 0 Å². The highest BCUT2D eigenvalue weighted by Gasteiger charge is 2.36. The Balaban J connectivity index is 1.32. The van der Waals surface area contributed by atoms with Gasteiger partial charge in [0.05, 0.1) is 18.7 Å². The lowest BCUT2D eigenvalue weighted by Gasteiger charge is -2.36. The van der Waals surface area contributed by atoms with Crippen molar-refractivity contribution >= 4 is 5.91 Å². The molecule has 5 heteroatoms. The zero-order valence-corrected chi connectivity index (χ0v) is 15.7. The molecule has 4 heterocycles. The Bertz CT molecular complexity index is 738. The number of carbonyl (C=O) groups is 1. The molecule has 1 amide bonds. The number of pyridine rings is 1. The van der Waals surface area contributed by atoms with E-state index in [2.05, 4.69) is 20.9 Å². The van der Waals surface area contributed by atoms with Crippen LogP contribution in [0.5, 0.6) is 5.75 Å². The molecule has 0 N–H and O–H groups in total. The average Bonchev–Trinajstić information content (AvgIpc) is 3.00. The van der Waals surface area contributed by atoms with E-state index in [4.69, 9.17) is 4.74 Å². The summed E-state index contributed by atoms with van der Waals surface area (Å²) in [4.78, 5) is 21.9. The van der Waals surface area contributed by atoms with Crippen LogP contribution in [0.4, 0.5) is 0 Å². The summed E-state index contributed by atoms with van der Waals surface area (Å²) < 4.78 is 5.71. The van der Waals surface area contributed by atoms with E-state index < -0.39 is 0 Å². The van der Waals surface area contributed by atoms with Gasteiger partial charge in [-0.05, 0) is 43.0 Å². The highest BCUT2D eigenvalue weighted by atomic mass is 16.5. The minimum absolute atomic E-state index is 0.223. The van der Waals surface area contributed by atoms with Gasteiger partial charge in [-0.25, -0.2) is 0 Å². The number of benzene rings is 1. The fourth-order valence-electron chi connectivity index (χ4n) is 4.25. The van der Waals surface area contributed by atoms with Gasteiger partial charge >= 0.3 is 0 Å². The van der Waals surface area contributed by atoms with Crippen LogP contribution in [0, 0.1) is 5.92 Å². The van der Waals surface area contributed by atoms with E-state index in [1.54, 1.807) is 0 Å².